The van der Waals surface area contributed by atoms with E-state index in [1.165, 1.54) is 12.8 Å². The van der Waals surface area contributed by atoms with Gasteiger partial charge in [0.2, 0.25) is 0 Å². The molecule has 5 heteroatoms. The molecule has 0 unspecified atom stereocenters. The van der Waals surface area contributed by atoms with Crippen LogP contribution >= 0.6 is 23.4 Å². The van der Waals surface area contributed by atoms with Gasteiger partial charge in [0.15, 0.2) is 11.5 Å². The molecule has 1 aromatic carbocycles. The van der Waals surface area contributed by atoms with E-state index in [0.29, 0.717) is 29.2 Å². The van der Waals surface area contributed by atoms with Gasteiger partial charge in [0.25, 0.3) is 0 Å². The van der Waals surface area contributed by atoms with Gasteiger partial charge < -0.3 is 14.8 Å². The number of thioether (sulfide) groups is 1. The summed E-state index contributed by atoms with van der Waals surface area (Å²) in [6.45, 7) is 1.46. The van der Waals surface area contributed by atoms with Gasteiger partial charge >= 0.3 is 0 Å². The number of methoxy groups -OCH3 is 1. The molecule has 0 amide bonds. The third-order valence-corrected chi connectivity index (χ3v) is 3.85. The number of nitrogens with one attached hydrogen (secondary N) is 1. The van der Waals surface area contributed by atoms with Crippen molar-refractivity contribution in [1.82, 2.24) is 5.32 Å². The second-order valence-corrected chi connectivity index (χ2v) is 6.00. The number of ether oxygens (including phenoxy) is 2. The third kappa shape index (κ3) is 4.48. The molecule has 0 aromatic heterocycles. The zero-order chi connectivity index (χ0) is 13.7. The van der Waals surface area contributed by atoms with Crippen LogP contribution in [0.25, 0.3) is 0 Å². The molecule has 0 radical (unpaired) electrons. The summed E-state index contributed by atoms with van der Waals surface area (Å²) < 4.78 is 11.1. The fourth-order valence-electron chi connectivity index (χ4n) is 1.79. The number of halogens is 1. The van der Waals surface area contributed by atoms with Crippen molar-refractivity contribution in [3.63, 3.8) is 0 Å². The van der Waals surface area contributed by atoms with Crippen molar-refractivity contribution >= 4 is 23.4 Å². The molecule has 1 aliphatic rings. The maximum absolute atomic E-state index is 6.28. The molecular formula is C14H20ClNO2S. The molecule has 1 aromatic rings. The summed E-state index contributed by atoms with van der Waals surface area (Å²) >= 11 is 8.03. The normalized spacial score (nSPS) is 14.5. The van der Waals surface area contributed by atoms with Crippen LogP contribution in [0.3, 0.4) is 0 Å². The first-order valence-corrected chi connectivity index (χ1v) is 8.23. The van der Waals surface area contributed by atoms with Crippen LogP contribution in [0.5, 0.6) is 11.5 Å². The summed E-state index contributed by atoms with van der Waals surface area (Å²) in [5, 5.41) is 4.08. The Kier molecular flexibility index (Phi) is 5.67. The van der Waals surface area contributed by atoms with E-state index in [9.17, 15) is 0 Å². The molecular weight excluding hydrogens is 282 g/mol. The molecule has 0 bridgehead atoms. The zero-order valence-electron chi connectivity index (χ0n) is 11.4. The minimum Gasteiger partial charge on any atom is -0.493 e. The first kappa shape index (κ1) is 14.8. The van der Waals surface area contributed by atoms with Gasteiger partial charge in [-0.05, 0) is 36.8 Å². The average Bonchev–Trinajstić information content (AvgIpc) is 3.22. The highest BCUT2D eigenvalue weighted by molar-refractivity contribution is 7.98. The quantitative estimate of drug-likeness (QED) is 0.746. The van der Waals surface area contributed by atoms with Crippen molar-refractivity contribution in [3.05, 3.63) is 22.7 Å². The Labute approximate surface area is 124 Å². The van der Waals surface area contributed by atoms with Crippen LogP contribution in [-0.4, -0.2) is 31.8 Å². The van der Waals surface area contributed by atoms with E-state index in [0.717, 1.165) is 17.9 Å². The molecule has 0 spiro atoms. The maximum Gasteiger partial charge on any atom is 0.179 e. The van der Waals surface area contributed by atoms with Crippen LogP contribution in [-0.2, 0) is 6.54 Å². The molecule has 1 aliphatic carbocycles. The predicted octanol–water partition coefficient (Wildman–Crippen LogP) is 3.34. The summed E-state index contributed by atoms with van der Waals surface area (Å²) in [4.78, 5) is 0. The van der Waals surface area contributed by atoms with Gasteiger partial charge in [0.05, 0.1) is 18.7 Å². The first-order chi connectivity index (χ1) is 9.24. The Morgan fingerprint density at radius 2 is 2.21 bits per heavy atom. The molecule has 1 N–H and O–H groups in total. The predicted molar refractivity (Wildman–Crippen MR) is 81.7 cm³/mol. The minimum atomic E-state index is 0.619. The Morgan fingerprint density at radius 1 is 1.42 bits per heavy atom. The number of benzene rings is 1. The SMILES string of the molecule is COc1cc(CNC2CC2)cc(Cl)c1OCCSC. The van der Waals surface area contributed by atoms with Gasteiger partial charge in [0, 0.05) is 18.3 Å². The lowest BCUT2D eigenvalue weighted by atomic mass is 10.2. The summed E-state index contributed by atoms with van der Waals surface area (Å²) in [7, 11) is 1.64. The Balaban J connectivity index is 2.04. The lowest BCUT2D eigenvalue weighted by molar-refractivity contribution is 0.313. The largest absolute Gasteiger partial charge is 0.493 e. The van der Waals surface area contributed by atoms with Crippen molar-refractivity contribution in [2.24, 2.45) is 0 Å². The summed E-state index contributed by atoms with van der Waals surface area (Å²) in [6, 6.07) is 4.63. The van der Waals surface area contributed by atoms with Crippen LogP contribution in [0.2, 0.25) is 5.02 Å². The van der Waals surface area contributed by atoms with Gasteiger partial charge in [-0.15, -0.1) is 0 Å². The van der Waals surface area contributed by atoms with Gasteiger partial charge in [-0.2, -0.15) is 11.8 Å². The average molecular weight is 302 g/mol. The monoisotopic (exact) mass is 301 g/mol. The van der Waals surface area contributed by atoms with Gasteiger partial charge in [0.1, 0.15) is 0 Å². The topological polar surface area (TPSA) is 30.5 Å². The first-order valence-electron chi connectivity index (χ1n) is 6.46. The zero-order valence-corrected chi connectivity index (χ0v) is 12.9. The van der Waals surface area contributed by atoms with E-state index in [4.69, 9.17) is 21.1 Å². The van der Waals surface area contributed by atoms with Crippen LogP contribution in [0, 0.1) is 0 Å². The molecule has 0 atom stereocenters. The summed E-state index contributed by atoms with van der Waals surface area (Å²) in [5.41, 5.74) is 1.13. The van der Waals surface area contributed by atoms with Crippen molar-refractivity contribution in [2.75, 3.05) is 25.7 Å². The van der Waals surface area contributed by atoms with E-state index in [1.54, 1.807) is 18.9 Å². The van der Waals surface area contributed by atoms with E-state index in [1.807, 2.05) is 12.1 Å². The van der Waals surface area contributed by atoms with Crippen molar-refractivity contribution in [3.8, 4) is 11.5 Å². The number of rotatable bonds is 8. The van der Waals surface area contributed by atoms with Gasteiger partial charge in [-0.3, -0.25) is 0 Å². The Bertz CT molecular complexity index is 424. The maximum atomic E-state index is 6.28. The van der Waals surface area contributed by atoms with Crippen LogP contribution in [0.15, 0.2) is 12.1 Å². The van der Waals surface area contributed by atoms with E-state index >= 15 is 0 Å². The van der Waals surface area contributed by atoms with Crippen LogP contribution in [0.4, 0.5) is 0 Å². The highest BCUT2D eigenvalue weighted by Gasteiger charge is 2.20. The van der Waals surface area contributed by atoms with Gasteiger partial charge in [-0.25, -0.2) is 0 Å². The highest BCUT2D eigenvalue weighted by Crippen LogP contribution is 2.36. The van der Waals surface area contributed by atoms with Crippen LogP contribution in [0.1, 0.15) is 18.4 Å². The molecule has 0 aliphatic heterocycles. The lowest BCUT2D eigenvalue weighted by Gasteiger charge is -2.14. The minimum absolute atomic E-state index is 0.619. The molecule has 0 heterocycles. The molecule has 1 fully saturated rings. The molecule has 2 rings (SSSR count). The fourth-order valence-corrected chi connectivity index (χ4v) is 2.33. The van der Waals surface area contributed by atoms with E-state index < -0.39 is 0 Å². The lowest BCUT2D eigenvalue weighted by Crippen LogP contribution is -2.15. The standard InChI is InChI=1S/C14H20ClNO2S/c1-17-13-8-10(9-16-11-3-4-11)7-12(15)14(13)18-5-6-19-2/h7-8,11,16H,3-6,9H2,1-2H3. The Morgan fingerprint density at radius 3 is 2.84 bits per heavy atom. The van der Waals surface area contributed by atoms with E-state index in [2.05, 4.69) is 11.6 Å². The summed E-state index contributed by atoms with van der Waals surface area (Å²) in [5.74, 6) is 2.29. The smallest absolute Gasteiger partial charge is 0.179 e. The number of hydrogen-bond donors (Lipinski definition) is 1. The molecule has 1 saturated carbocycles. The van der Waals surface area contributed by atoms with Crippen molar-refractivity contribution < 1.29 is 9.47 Å². The second kappa shape index (κ2) is 7.27. The molecule has 106 valence electrons. The van der Waals surface area contributed by atoms with Crippen molar-refractivity contribution in [1.29, 1.82) is 0 Å². The highest BCUT2D eigenvalue weighted by atomic mass is 35.5. The molecule has 0 saturated heterocycles. The fraction of sp³-hybridized carbons (Fsp3) is 0.571. The third-order valence-electron chi connectivity index (χ3n) is 3.00. The number of hydrogen-bond acceptors (Lipinski definition) is 4. The molecule has 19 heavy (non-hydrogen) atoms. The van der Waals surface area contributed by atoms with E-state index in [-0.39, 0.29) is 0 Å². The van der Waals surface area contributed by atoms with Crippen LogP contribution < -0.4 is 14.8 Å². The molecule has 3 nitrogen and oxygen atoms in total. The van der Waals surface area contributed by atoms with Gasteiger partial charge in [-0.1, -0.05) is 11.6 Å². The second-order valence-electron chi connectivity index (χ2n) is 4.61. The van der Waals surface area contributed by atoms with Crippen molar-refractivity contribution in [2.45, 2.75) is 25.4 Å². The Hall–Kier alpha value is -0.580. The summed E-state index contributed by atoms with van der Waals surface area (Å²) in [6.07, 6.45) is 4.61.